The average Bonchev–Trinajstić information content (AvgIpc) is 2.94. The van der Waals surface area contributed by atoms with E-state index in [9.17, 15) is 9.59 Å². The Kier molecular flexibility index (Phi) is 6.32. The van der Waals surface area contributed by atoms with Crippen molar-refractivity contribution in [3.63, 3.8) is 0 Å². The molecule has 5 heteroatoms. The van der Waals surface area contributed by atoms with Crippen molar-refractivity contribution in [2.75, 3.05) is 7.11 Å². The minimum absolute atomic E-state index is 0.0192. The zero-order valence-corrected chi connectivity index (χ0v) is 14.1. The van der Waals surface area contributed by atoms with Crippen molar-refractivity contribution >= 4 is 12.1 Å². The van der Waals surface area contributed by atoms with Crippen LogP contribution in [0.3, 0.4) is 0 Å². The van der Waals surface area contributed by atoms with Crippen molar-refractivity contribution in [2.45, 2.75) is 76.5 Å². The zero-order valence-electron chi connectivity index (χ0n) is 14.1. The van der Waals surface area contributed by atoms with E-state index in [0.717, 1.165) is 38.5 Å². The number of hydrogen-bond acceptors (Lipinski definition) is 4. The van der Waals surface area contributed by atoms with Crippen molar-refractivity contribution in [2.24, 2.45) is 5.92 Å². The van der Waals surface area contributed by atoms with Crippen molar-refractivity contribution in [1.82, 2.24) is 4.90 Å². The number of carbonyl (C=O) groups excluding carboxylic acids is 2. The fraction of sp³-hybridized carbons (Fsp3) is 0.778. The van der Waals surface area contributed by atoms with Gasteiger partial charge in [-0.05, 0) is 32.1 Å². The lowest BCUT2D eigenvalue weighted by atomic mass is 9.82. The molecule has 1 aliphatic heterocycles. The van der Waals surface area contributed by atoms with Gasteiger partial charge < -0.3 is 9.47 Å². The third-order valence-corrected chi connectivity index (χ3v) is 4.99. The molecule has 0 N–H and O–H groups in total. The van der Waals surface area contributed by atoms with Gasteiger partial charge in [0.2, 0.25) is 0 Å². The molecule has 2 fully saturated rings. The third kappa shape index (κ3) is 3.99. The molecule has 0 spiro atoms. The topological polar surface area (TPSA) is 55.8 Å². The van der Waals surface area contributed by atoms with Crippen molar-refractivity contribution in [1.29, 1.82) is 0 Å². The first-order valence-electron chi connectivity index (χ1n) is 8.64. The molecule has 1 saturated carbocycles. The minimum Gasteiger partial charge on any atom is -0.462 e. The maximum absolute atomic E-state index is 12.0. The van der Waals surface area contributed by atoms with Crippen LogP contribution in [-0.2, 0) is 14.3 Å². The quantitative estimate of drug-likeness (QED) is 0.443. The monoisotopic (exact) mass is 321 g/mol. The molecule has 128 valence electrons. The van der Waals surface area contributed by atoms with E-state index < -0.39 is 0 Å². The summed E-state index contributed by atoms with van der Waals surface area (Å²) in [5.41, 5.74) is 0. The zero-order chi connectivity index (χ0) is 16.8. The Morgan fingerprint density at radius 1 is 1.30 bits per heavy atom. The number of unbranched alkanes of at least 4 members (excludes halogenated alkanes) is 2. The van der Waals surface area contributed by atoms with E-state index in [0.29, 0.717) is 12.8 Å². The number of nitrogens with zero attached hydrogens (tertiary/aromatic N) is 1. The molecule has 5 nitrogen and oxygen atoms in total. The number of likely N-dealkylation sites (tertiary alicyclic amines) is 1. The van der Waals surface area contributed by atoms with E-state index in [-0.39, 0.29) is 36.2 Å². The van der Waals surface area contributed by atoms with Gasteiger partial charge in [0.1, 0.15) is 6.10 Å². The molecule has 0 aromatic carbocycles. The van der Waals surface area contributed by atoms with Crippen LogP contribution in [0.25, 0.3) is 0 Å². The summed E-state index contributed by atoms with van der Waals surface area (Å²) in [6, 6.07) is -0.248. The second kappa shape index (κ2) is 8.24. The highest BCUT2D eigenvalue weighted by molar-refractivity contribution is 5.70. The maximum atomic E-state index is 12.0. The lowest BCUT2D eigenvalue weighted by Crippen LogP contribution is -2.46. The second-order valence-electron chi connectivity index (χ2n) is 6.44. The number of terminal acetylenes is 1. The van der Waals surface area contributed by atoms with Crippen molar-refractivity contribution in [3.05, 3.63) is 0 Å². The lowest BCUT2D eigenvalue weighted by Gasteiger charge is -2.36. The highest BCUT2D eigenvalue weighted by Gasteiger charge is 2.49. The number of rotatable bonds is 5. The first-order valence-corrected chi connectivity index (χ1v) is 8.64. The van der Waals surface area contributed by atoms with Gasteiger partial charge in [0.15, 0.2) is 0 Å². The van der Waals surface area contributed by atoms with Crippen molar-refractivity contribution < 1.29 is 19.1 Å². The predicted octanol–water partition coefficient (Wildman–Crippen LogP) is 3.12. The molecule has 0 radical (unpaired) electrons. The Balaban J connectivity index is 2.00. The molecule has 0 aromatic rings. The molecule has 2 aliphatic rings. The Labute approximate surface area is 138 Å². The van der Waals surface area contributed by atoms with E-state index in [2.05, 4.69) is 12.8 Å². The van der Waals surface area contributed by atoms with Gasteiger partial charge in [0, 0.05) is 18.4 Å². The Morgan fingerprint density at radius 3 is 2.74 bits per heavy atom. The largest absolute Gasteiger partial charge is 0.462 e. The van der Waals surface area contributed by atoms with Crippen molar-refractivity contribution in [3.8, 4) is 12.3 Å². The molecular formula is C18H27NO4. The first-order chi connectivity index (χ1) is 11.1. The van der Waals surface area contributed by atoms with Crippen LogP contribution in [0.15, 0.2) is 0 Å². The minimum atomic E-state index is -0.379. The number of esters is 1. The summed E-state index contributed by atoms with van der Waals surface area (Å²) >= 11 is 0. The number of methoxy groups -OCH3 is 1. The van der Waals surface area contributed by atoms with Crippen LogP contribution in [0.2, 0.25) is 0 Å². The predicted molar refractivity (Wildman–Crippen MR) is 86.6 cm³/mol. The molecule has 2 rings (SSSR count). The smallest absolute Gasteiger partial charge is 0.410 e. The molecule has 1 heterocycles. The SMILES string of the molecule is C#CC1C[C@H]2[C@@H](OC(=O)CCCCC)CCC[C@H]2N1C(=O)OC. The van der Waals surface area contributed by atoms with Crippen LogP contribution in [-0.4, -0.2) is 42.3 Å². The van der Waals surface area contributed by atoms with Crippen LogP contribution in [0.1, 0.15) is 58.3 Å². The van der Waals surface area contributed by atoms with Crippen LogP contribution in [0.4, 0.5) is 4.79 Å². The molecule has 1 saturated heterocycles. The molecule has 4 atom stereocenters. The summed E-state index contributed by atoms with van der Waals surface area (Å²) in [6.45, 7) is 2.11. The standard InChI is InChI=1S/C18H27NO4/c1-4-6-7-11-17(20)23-16-10-8-9-15-14(16)12-13(5-2)19(15)18(21)22-3/h2,13-16H,4,6-12H2,1,3H3/t13?,14-,15-,16+/m1/s1. The number of amides is 1. The fourth-order valence-corrected chi connectivity index (χ4v) is 3.87. The van der Waals surface area contributed by atoms with Gasteiger partial charge in [-0.2, -0.15) is 0 Å². The summed E-state index contributed by atoms with van der Waals surface area (Å²) in [4.78, 5) is 25.7. The summed E-state index contributed by atoms with van der Waals surface area (Å²) in [5.74, 6) is 2.68. The molecule has 1 unspecified atom stereocenters. The summed E-state index contributed by atoms with van der Waals surface area (Å²) in [6.07, 6.45) is 11.9. The number of ether oxygens (including phenoxy) is 2. The van der Waals surface area contributed by atoms with E-state index >= 15 is 0 Å². The van der Waals surface area contributed by atoms with Gasteiger partial charge in [-0.3, -0.25) is 9.69 Å². The van der Waals surface area contributed by atoms with E-state index in [1.807, 2.05) is 0 Å². The molecular weight excluding hydrogens is 294 g/mol. The highest BCUT2D eigenvalue weighted by Crippen LogP contribution is 2.41. The number of hydrogen-bond donors (Lipinski definition) is 0. The van der Waals surface area contributed by atoms with Gasteiger partial charge in [-0.25, -0.2) is 4.79 Å². The van der Waals surface area contributed by atoms with Crippen LogP contribution >= 0.6 is 0 Å². The summed E-state index contributed by atoms with van der Waals surface area (Å²) in [7, 11) is 1.37. The van der Waals surface area contributed by atoms with E-state index in [4.69, 9.17) is 15.9 Å². The molecule has 23 heavy (non-hydrogen) atoms. The van der Waals surface area contributed by atoms with E-state index in [1.54, 1.807) is 4.90 Å². The molecule has 0 bridgehead atoms. The summed E-state index contributed by atoms with van der Waals surface area (Å²) < 4.78 is 10.6. The number of carbonyl (C=O) groups is 2. The number of fused-ring (bicyclic) bond motifs is 1. The first kappa shape index (κ1) is 17.7. The van der Waals surface area contributed by atoms with Gasteiger partial charge >= 0.3 is 12.1 Å². The Morgan fingerprint density at radius 2 is 2.09 bits per heavy atom. The Hall–Kier alpha value is -1.70. The van der Waals surface area contributed by atoms with Gasteiger partial charge in [0.05, 0.1) is 13.2 Å². The third-order valence-electron chi connectivity index (χ3n) is 4.99. The van der Waals surface area contributed by atoms with Gasteiger partial charge in [-0.1, -0.05) is 25.7 Å². The second-order valence-corrected chi connectivity index (χ2v) is 6.44. The lowest BCUT2D eigenvalue weighted by molar-refractivity contribution is -0.154. The average molecular weight is 321 g/mol. The van der Waals surface area contributed by atoms with Crippen LogP contribution in [0, 0.1) is 18.3 Å². The van der Waals surface area contributed by atoms with Gasteiger partial charge in [-0.15, -0.1) is 6.42 Å². The molecule has 1 amide bonds. The highest BCUT2D eigenvalue weighted by atomic mass is 16.5. The molecule has 1 aliphatic carbocycles. The van der Waals surface area contributed by atoms with E-state index in [1.165, 1.54) is 7.11 Å². The fourth-order valence-electron chi connectivity index (χ4n) is 3.87. The maximum Gasteiger partial charge on any atom is 0.410 e. The normalized spacial score (nSPS) is 29.5. The van der Waals surface area contributed by atoms with Crippen LogP contribution in [0.5, 0.6) is 0 Å². The summed E-state index contributed by atoms with van der Waals surface area (Å²) in [5, 5.41) is 0. The molecule has 0 aromatic heterocycles. The van der Waals surface area contributed by atoms with Crippen LogP contribution < -0.4 is 0 Å². The Bertz CT molecular complexity index is 470. The van der Waals surface area contributed by atoms with Gasteiger partial charge in [0.25, 0.3) is 0 Å².